The van der Waals surface area contributed by atoms with Crippen molar-refractivity contribution in [3.63, 3.8) is 0 Å². The van der Waals surface area contributed by atoms with Crippen LogP contribution in [-0.4, -0.2) is 66.2 Å². The molecule has 0 radical (unpaired) electrons. The van der Waals surface area contributed by atoms with Gasteiger partial charge >= 0.3 is 11.9 Å². The Kier molecular flexibility index (Phi) is 10.7. The van der Waals surface area contributed by atoms with Crippen LogP contribution < -0.4 is 18.9 Å². The zero-order chi connectivity index (χ0) is 32.0. The number of benzene rings is 2. The molecule has 1 aliphatic heterocycles. The second-order valence-corrected chi connectivity index (χ2v) is 12.0. The molecule has 44 heavy (non-hydrogen) atoms. The maximum absolute atomic E-state index is 12.6. The third-order valence-corrected chi connectivity index (χ3v) is 8.65. The number of methoxy groups -OCH3 is 2. The summed E-state index contributed by atoms with van der Waals surface area (Å²) in [6.07, 6.45) is 1.28. The van der Waals surface area contributed by atoms with Gasteiger partial charge in [-0.15, -0.1) is 11.3 Å². The Morgan fingerprint density at radius 2 is 1.30 bits per heavy atom. The highest BCUT2D eigenvalue weighted by molar-refractivity contribution is 7.20. The van der Waals surface area contributed by atoms with E-state index in [1.165, 1.54) is 25.2 Å². The van der Waals surface area contributed by atoms with Crippen LogP contribution in [0.5, 0.6) is 23.0 Å². The second kappa shape index (κ2) is 14.4. The SMILES string of the molecule is COc1cc2c(cc1OCCCCOc1cc3cc(C(=O)CC(C)C(=O)O)sc3cc1OC)CN(C(=O)CC(C)C(=O)O)C2. The predicted octanol–water partition coefficient (Wildman–Crippen LogP) is 5.40. The molecule has 2 unspecified atom stereocenters. The lowest BCUT2D eigenvalue weighted by atomic mass is 10.0. The largest absolute Gasteiger partial charge is 0.493 e. The lowest BCUT2D eigenvalue weighted by molar-refractivity contribution is -0.145. The minimum atomic E-state index is -1.00. The second-order valence-electron chi connectivity index (χ2n) is 10.9. The number of hydrogen-bond donors (Lipinski definition) is 2. The summed E-state index contributed by atoms with van der Waals surface area (Å²) in [5.74, 6) is -1.67. The number of nitrogens with zero attached hydrogens (tertiary/aromatic N) is 1. The first-order chi connectivity index (χ1) is 21.0. The van der Waals surface area contributed by atoms with Crippen molar-refractivity contribution >= 4 is 45.1 Å². The van der Waals surface area contributed by atoms with Gasteiger partial charge in [0.15, 0.2) is 28.8 Å². The van der Waals surface area contributed by atoms with E-state index in [4.69, 9.17) is 29.2 Å². The Balaban J connectivity index is 1.29. The molecule has 0 spiro atoms. The lowest BCUT2D eigenvalue weighted by Crippen LogP contribution is -2.28. The number of amides is 1. The van der Waals surface area contributed by atoms with Crippen molar-refractivity contribution in [2.24, 2.45) is 11.8 Å². The maximum Gasteiger partial charge on any atom is 0.306 e. The van der Waals surface area contributed by atoms with Crippen molar-refractivity contribution in [3.05, 3.63) is 46.3 Å². The molecule has 0 fully saturated rings. The highest BCUT2D eigenvalue weighted by Crippen LogP contribution is 2.38. The Bertz CT molecular complexity index is 1550. The Morgan fingerprint density at radius 1 is 0.773 bits per heavy atom. The molecule has 0 bridgehead atoms. The van der Waals surface area contributed by atoms with Crippen LogP contribution in [0.15, 0.2) is 30.3 Å². The summed E-state index contributed by atoms with van der Waals surface area (Å²) in [6, 6.07) is 9.13. The van der Waals surface area contributed by atoms with E-state index in [-0.39, 0.29) is 24.5 Å². The number of ether oxygens (including phenoxy) is 4. The van der Waals surface area contributed by atoms with Gasteiger partial charge in [0.2, 0.25) is 5.91 Å². The van der Waals surface area contributed by atoms with Gasteiger partial charge in [0, 0.05) is 36.7 Å². The van der Waals surface area contributed by atoms with Crippen LogP contribution in [0.4, 0.5) is 0 Å². The van der Waals surface area contributed by atoms with Crippen molar-refractivity contribution in [1.82, 2.24) is 4.90 Å². The van der Waals surface area contributed by atoms with Crippen molar-refractivity contribution in [2.45, 2.75) is 52.6 Å². The standard InChI is InChI=1S/C32H37NO10S/c1-18(31(36)37)9-23(34)29-14-20-11-26(25(41-4)15-28(20)44-29)42-7-5-6-8-43-27-13-22-17-33(16-21(22)12-24(27)40-3)30(35)10-19(2)32(38)39/h11-15,18-19H,5-10,16-17H2,1-4H3,(H,36,37)(H,38,39). The summed E-state index contributed by atoms with van der Waals surface area (Å²) >= 11 is 1.30. The molecule has 2 atom stereocenters. The fraction of sp³-hybridized carbons (Fsp3) is 0.438. The van der Waals surface area contributed by atoms with Crippen LogP contribution in [-0.2, 0) is 27.5 Å². The summed E-state index contributed by atoms with van der Waals surface area (Å²) in [7, 11) is 3.10. The van der Waals surface area contributed by atoms with Gasteiger partial charge in [-0.1, -0.05) is 13.8 Å². The molecular weight excluding hydrogens is 590 g/mol. The number of Topliss-reactive ketones (excluding diaryl/α,β-unsaturated/α-hetero) is 1. The lowest BCUT2D eigenvalue weighted by Gasteiger charge is -2.16. The first-order valence-corrected chi connectivity index (χ1v) is 15.2. The van der Waals surface area contributed by atoms with E-state index in [2.05, 4.69) is 0 Å². The molecule has 2 N–H and O–H groups in total. The van der Waals surface area contributed by atoms with Gasteiger partial charge in [0.1, 0.15) is 0 Å². The van der Waals surface area contributed by atoms with E-state index in [1.54, 1.807) is 25.2 Å². The summed E-state index contributed by atoms with van der Waals surface area (Å²) < 4.78 is 23.9. The van der Waals surface area contributed by atoms with Gasteiger partial charge in [0.05, 0.1) is 44.1 Å². The van der Waals surface area contributed by atoms with Gasteiger partial charge in [0.25, 0.3) is 0 Å². The van der Waals surface area contributed by atoms with Crippen LogP contribution in [0.3, 0.4) is 0 Å². The number of fused-ring (bicyclic) bond motifs is 2. The quantitative estimate of drug-likeness (QED) is 0.156. The van der Waals surface area contributed by atoms with Crippen LogP contribution in [0.1, 0.15) is 60.3 Å². The number of carboxylic acids is 2. The normalized spacial score (nSPS) is 13.7. The maximum atomic E-state index is 12.6. The minimum absolute atomic E-state index is 0.0481. The van der Waals surface area contributed by atoms with E-state index in [9.17, 15) is 19.2 Å². The molecule has 0 saturated heterocycles. The molecule has 1 aromatic heterocycles. The molecule has 3 aromatic rings. The smallest absolute Gasteiger partial charge is 0.306 e. The molecule has 0 saturated carbocycles. The van der Waals surface area contributed by atoms with Crippen molar-refractivity contribution < 1.29 is 48.3 Å². The minimum Gasteiger partial charge on any atom is -0.493 e. The molecule has 2 aromatic carbocycles. The number of ketones is 1. The number of thiophene rings is 1. The summed E-state index contributed by atoms with van der Waals surface area (Å²) in [5, 5.41) is 19.1. The number of carbonyl (C=O) groups excluding carboxylic acids is 2. The number of unbranched alkanes of at least 4 members (excludes halogenated alkanes) is 1. The first kappa shape index (κ1) is 32.6. The zero-order valence-electron chi connectivity index (χ0n) is 25.2. The zero-order valence-corrected chi connectivity index (χ0v) is 26.0. The molecule has 0 aliphatic carbocycles. The molecule has 1 aliphatic rings. The molecule has 1 amide bonds. The van der Waals surface area contributed by atoms with Crippen molar-refractivity contribution in [2.75, 3.05) is 27.4 Å². The molecule has 11 nitrogen and oxygen atoms in total. The van der Waals surface area contributed by atoms with Gasteiger partial charge in [-0.3, -0.25) is 19.2 Å². The highest BCUT2D eigenvalue weighted by atomic mass is 32.1. The summed E-state index contributed by atoms with van der Waals surface area (Å²) in [6.45, 7) is 4.65. The van der Waals surface area contributed by atoms with Gasteiger partial charge < -0.3 is 34.1 Å². The van der Waals surface area contributed by atoms with Crippen molar-refractivity contribution in [1.29, 1.82) is 0 Å². The highest BCUT2D eigenvalue weighted by Gasteiger charge is 2.28. The number of hydrogen-bond acceptors (Lipinski definition) is 9. The van der Waals surface area contributed by atoms with Crippen LogP contribution in [0.25, 0.3) is 10.1 Å². The third-order valence-electron chi connectivity index (χ3n) is 7.51. The molecule has 4 rings (SSSR count). The van der Waals surface area contributed by atoms with Gasteiger partial charge in [-0.25, -0.2) is 0 Å². The predicted molar refractivity (Wildman–Crippen MR) is 163 cm³/mol. The van der Waals surface area contributed by atoms with E-state index < -0.39 is 23.8 Å². The van der Waals surface area contributed by atoms with E-state index >= 15 is 0 Å². The van der Waals surface area contributed by atoms with E-state index in [0.29, 0.717) is 67.0 Å². The summed E-state index contributed by atoms with van der Waals surface area (Å²) in [5.41, 5.74) is 1.89. The Morgan fingerprint density at radius 3 is 1.86 bits per heavy atom. The monoisotopic (exact) mass is 627 g/mol. The Hall–Kier alpha value is -4.32. The topological polar surface area (TPSA) is 149 Å². The molecule has 236 valence electrons. The average Bonchev–Trinajstić information content (AvgIpc) is 3.61. The first-order valence-electron chi connectivity index (χ1n) is 14.3. The number of carbonyl (C=O) groups is 4. The van der Waals surface area contributed by atoms with Crippen LogP contribution in [0.2, 0.25) is 0 Å². The van der Waals surface area contributed by atoms with Crippen molar-refractivity contribution in [3.8, 4) is 23.0 Å². The van der Waals surface area contributed by atoms with Gasteiger partial charge in [-0.05, 0) is 53.6 Å². The molecule has 12 heteroatoms. The molecular formula is C32H37NO10S. The summed E-state index contributed by atoms with van der Waals surface area (Å²) in [4.78, 5) is 49.6. The number of carboxylic acid groups (broad SMARTS) is 2. The van der Waals surface area contributed by atoms with Crippen LogP contribution in [0, 0.1) is 11.8 Å². The van der Waals surface area contributed by atoms with E-state index in [1.807, 2.05) is 24.3 Å². The number of rotatable bonds is 16. The van der Waals surface area contributed by atoms with E-state index in [0.717, 1.165) is 21.2 Å². The fourth-order valence-corrected chi connectivity index (χ4v) is 5.85. The third kappa shape index (κ3) is 7.79. The van der Waals surface area contributed by atoms with Crippen LogP contribution >= 0.6 is 11.3 Å². The average molecular weight is 628 g/mol. The van der Waals surface area contributed by atoms with Gasteiger partial charge in [-0.2, -0.15) is 0 Å². The fourth-order valence-electron chi connectivity index (χ4n) is 4.82. The number of aliphatic carboxylic acids is 2. The molecule has 2 heterocycles. The Labute approximate surface area is 259 Å².